The highest BCUT2D eigenvalue weighted by Crippen LogP contribution is 2.20. The normalized spacial score (nSPS) is 17.9. The summed E-state index contributed by atoms with van der Waals surface area (Å²) < 4.78 is 0. The molecule has 0 aliphatic carbocycles. The number of aryl methyl sites for hydroxylation is 1. The highest BCUT2D eigenvalue weighted by Gasteiger charge is 2.20. The molecule has 2 aromatic heterocycles. The van der Waals surface area contributed by atoms with Crippen LogP contribution in [0, 0.1) is 5.92 Å². The van der Waals surface area contributed by atoms with E-state index in [1.165, 1.54) is 29.1 Å². The lowest BCUT2D eigenvalue weighted by atomic mass is 9.98. The molecule has 0 bridgehead atoms. The van der Waals surface area contributed by atoms with E-state index in [9.17, 15) is 0 Å². The van der Waals surface area contributed by atoms with Crippen molar-refractivity contribution in [3.8, 4) is 0 Å². The molecule has 1 saturated heterocycles. The van der Waals surface area contributed by atoms with Crippen LogP contribution in [-0.4, -0.2) is 42.0 Å². The molecule has 2 N–H and O–H groups in total. The topological polar surface area (TPSA) is 52.6 Å². The standard InChI is InChI=1S/C20H31N5S2.HI/c1-3-17-12-22-19(27-17)13-24-20(21-4-2)23-11-16-7-5-9-25(14-16)15-18-8-6-10-26-18;/h6,8,10,12,16H,3-5,7,9,11,13-15H2,1-2H3,(H2,21,23,24);1H. The predicted octanol–water partition coefficient (Wildman–Crippen LogP) is 4.35. The van der Waals surface area contributed by atoms with Crippen LogP contribution in [-0.2, 0) is 19.5 Å². The average Bonchev–Trinajstić information content (AvgIpc) is 3.36. The van der Waals surface area contributed by atoms with E-state index in [1.807, 2.05) is 17.5 Å². The van der Waals surface area contributed by atoms with E-state index in [4.69, 9.17) is 4.99 Å². The lowest BCUT2D eigenvalue weighted by molar-refractivity contribution is 0.169. The molecule has 2 aromatic rings. The number of aliphatic imine (C=N–C) groups is 1. The Kier molecular flexibility index (Phi) is 10.7. The molecule has 1 aliphatic rings. The van der Waals surface area contributed by atoms with Crippen molar-refractivity contribution >= 4 is 52.6 Å². The summed E-state index contributed by atoms with van der Waals surface area (Å²) in [6.07, 6.45) is 5.59. The molecule has 3 heterocycles. The van der Waals surface area contributed by atoms with Gasteiger partial charge in [-0.15, -0.1) is 46.7 Å². The van der Waals surface area contributed by atoms with Crippen molar-refractivity contribution in [2.45, 2.75) is 46.2 Å². The summed E-state index contributed by atoms with van der Waals surface area (Å²) in [4.78, 5) is 14.6. The van der Waals surface area contributed by atoms with Gasteiger partial charge in [-0.1, -0.05) is 13.0 Å². The van der Waals surface area contributed by atoms with E-state index in [0.29, 0.717) is 12.5 Å². The zero-order valence-corrected chi connectivity index (χ0v) is 20.8. The minimum atomic E-state index is 0. The molecule has 3 rings (SSSR count). The fourth-order valence-electron chi connectivity index (χ4n) is 3.40. The van der Waals surface area contributed by atoms with Crippen LogP contribution in [0.5, 0.6) is 0 Å². The van der Waals surface area contributed by atoms with Crippen LogP contribution in [0.1, 0.15) is 41.5 Å². The molecule has 1 unspecified atom stereocenters. The Morgan fingerprint density at radius 1 is 1.32 bits per heavy atom. The molecule has 0 amide bonds. The molecule has 5 nitrogen and oxygen atoms in total. The number of guanidine groups is 1. The van der Waals surface area contributed by atoms with Crippen LogP contribution in [0.3, 0.4) is 0 Å². The number of hydrogen-bond donors (Lipinski definition) is 2. The van der Waals surface area contributed by atoms with Gasteiger partial charge < -0.3 is 10.6 Å². The first-order valence-electron chi connectivity index (χ1n) is 9.97. The number of likely N-dealkylation sites (tertiary alicyclic amines) is 1. The molecule has 8 heteroatoms. The average molecular weight is 534 g/mol. The Morgan fingerprint density at radius 3 is 2.93 bits per heavy atom. The molecule has 156 valence electrons. The Balaban J connectivity index is 0.00000280. The Bertz CT molecular complexity index is 701. The van der Waals surface area contributed by atoms with Crippen molar-refractivity contribution in [3.63, 3.8) is 0 Å². The third-order valence-electron chi connectivity index (χ3n) is 4.79. The number of piperidine rings is 1. The number of nitrogens with one attached hydrogen (secondary N) is 2. The number of thiazole rings is 1. The number of nitrogens with zero attached hydrogens (tertiary/aromatic N) is 3. The predicted molar refractivity (Wildman–Crippen MR) is 132 cm³/mol. The summed E-state index contributed by atoms with van der Waals surface area (Å²) in [5.41, 5.74) is 0. The van der Waals surface area contributed by atoms with Gasteiger partial charge in [-0.3, -0.25) is 4.90 Å². The van der Waals surface area contributed by atoms with Gasteiger partial charge in [-0.25, -0.2) is 9.98 Å². The summed E-state index contributed by atoms with van der Waals surface area (Å²) in [7, 11) is 0. The first kappa shape index (κ1) is 23.6. The molecule has 1 atom stereocenters. The molecular weight excluding hydrogens is 501 g/mol. The van der Waals surface area contributed by atoms with E-state index in [0.717, 1.165) is 43.6 Å². The largest absolute Gasteiger partial charge is 0.357 e. The van der Waals surface area contributed by atoms with E-state index in [-0.39, 0.29) is 24.0 Å². The lowest BCUT2D eigenvalue weighted by Crippen LogP contribution is -2.44. The molecule has 1 aliphatic heterocycles. The summed E-state index contributed by atoms with van der Waals surface area (Å²) in [6, 6.07) is 4.39. The first-order valence-corrected chi connectivity index (χ1v) is 11.7. The number of thiophene rings is 1. The number of hydrogen-bond acceptors (Lipinski definition) is 5. The van der Waals surface area contributed by atoms with E-state index >= 15 is 0 Å². The van der Waals surface area contributed by atoms with Gasteiger partial charge in [0.1, 0.15) is 5.01 Å². The van der Waals surface area contributed by atoms with E-state index in [1.54, 1.807) is 11.3 Å². The zero-order valence-electron chi connectivity index (χ0n) is 16.8. The van der Waals surface area contributed by atoms with Crippen LogP contribution < -0.4 is 10.6 Å². The van der Waals surface area contributed by atoms with Crippen LogP contribution >= 0.6 is 46.7 Å². The van der Waals surface area contributed by atoms with Crippen LogP contribution in [0.4, 0.5) is 0 Å². The van der Waals surface area contributed by atoms with Crippen molar-refractivity contribution in [1.29, 1.82) is 0 Å². The van der Waals surface area contributed by atoms with Gasteiger partial charge in [0.25, 0.3) is 0 Å². The molecule has 0 saturated carbocycles. The van der Waals surface area contributed by atoms with Gasteiger partial charge in [0.05, 0.1) is 6.54 Å². The second-order valence-corrected chi connectivity index (χ2v) is 9.20. The van der Waals surface area contributed by atoms with Gasteiger partial charge in [0.2, 0.25) is 0 Å². The summed E-state index contributed by atoms with van der Waals surface area (Å²) >= 11 is 3.62. The zero-order chi connectivity index (χ0) is 18.9. The van der Waals surface area contributed by atoms with E-state index < -0.39 is 0 Å². The van der Waals surface area contributed by atoms with Crippen LogP contribution in [0.15, 0.2) is 28.7 Å². The molecular formula is C20H32IN5S2. The minimum Gasteiger partial charge on any atom is -0.357 e. The van der Waals surface area contributed by atoms with Gasteiger partial charge in [0.15, 0.2) is 5.96 Å². The fraction of sp³-hybridized carbons (Fsp3) is 0.600. The van der Waals surface area contributed by atoms with Crippen molar-refractivity contribution in [1.82, 2.24) is 20.5 Å². The second kappa shape index (κ2) is 12.8. The van der Waals surface area contributed by atoms with Gasteiger partial charge in [-0.2, -0.15) is 0 Å². The number of aromatic nitrogens is 1. The maximum atomic E-state index is 4.73. The molecule has 0 spiro atoms. The monoisotopic (exact) mass is 533 g/mol. The Hall–Kier alpha value is -0.710. The number of halogens is 1. The maximum Gasteiger partial charge on any atom is 0.191 e. The van der Waals surface area contributed by atoms with Crippen molar-refractivity contribution in [2.24, 2.45) is 10.9 Å². The van der Waals surface area contributed by atoms with E-state index in [2.05, 4.69) is 51.9 Å². The van der Waals surface area contributed by atoms with Gasteiger partial charge >= 0.3 is 0 Å². The molecule has 0 aromatic carbocycles. The quantitative estimate of drug-likeness (QED) is 0.301. The van der Waals surface area contributed by atoms with Gasteiger partial charge in [-0.05, 0) is 50.1 Å². The Morgan fingerprint density at radius 2 is 2.21 bits per heavy atom. The van der Waals surface area contributed by atoms with Crippen molar-refractivity contribution < 1.29 is 0 Å². The number of rotatable bonds is 8. The fourth-order valence-corrected chi connectivity index (χ4v) is 4.93. The summed E-state index contributed by atoms with van der Waals surface area (Å²) in [5.74, 6) is 1.58. The van der Waals surface area contributed by atoms with Crippen LogP contribution in [0.2, 0.25) is 0 Å². The van der Waals surface area contributed by atoms with Crippen LogP contribution in [0.25, 0.3) is 0 Å². The summed E-state index contributed by atoms with van der Waals surface area (Å²) in [5, 5.41) is 10.2. The Labute approximate surface area is 194 Å². The highest BCUT2D eigenvalue weighted by atomic mass is 127. The highest BCUT2D eigenvalue weighted by molar-refractivity contribution is 14.0. The van der Waals surface area contributed by atoms with Crippen molar-refractivity contribution in [2.75, 3.05) is 26.2 Å². The van der Waals surface area contributed by atoms with Gasteiger partial charge in [0, 0.05) is 42.1 Å². The molecule has 1 fully saturated rings. The summed E-state index contributed by atoms with van der Waals surface area (Å²) in [6.45, 7) is 10.2. The molecule has 28 heavy (non-hydrogen) atoms. The first-order chi connectivity index (χ1) is 13.3. The maximum absolute atomic E-state index is 4.73. The third kappa shape index (κ3) is 7.61. The minimum absolute atomic E-state index is 0. The molecule has 0 radical (unpaired) electrons. The smallest absolute Gasteiger partial charge is 0.191 e. The third-order valence-corrected chi connectivity index (χ3v) is 6.77. The van der Waals surface area contributed by atoms with Crippen molar-refractivity contribution in [3.05, 3.63) is 38.5 Å². The second-order valence-electron chi connectivity index (χ2n) is 6.97. The SMILES string of the molecule is CCNC(=NCc1ncc(CC)s1)NCC1CCCN(Cc2cccs2)C1.I. The lowest BCUT2D eigenvalue weighted by Gasteiger charge is -2.32.